The summed E-state index contributed by atoms with van der Waals surface area (Å²) in [6.45, 7) is 5.31. The predicted octanol–water partition coefficient (Wildman–Crippen LogP) is 4.24. The van der Waals surface area contributed by atoms with E-state index in [-0.39, 0.29) is 15.8 Å². The minimum atomic E-state index is -1.10. The van der Waals surface area contributed by atoms with Crippen LogP contribution in [0.15, 0.2) is 12.1 Å². The monoisotopic (exact) mass is 372 g/mol. The molecule has 0 bridgehead atoms. The Hall–Kier alpha value is -1.92. The first kappa shape index (κ1) is 18.4. The highest BCUT2D eigenvalue weighted by molar-refractivity contribution is 6.36. The normalized spacial score (nSPS) is 12.1. The zero-order valence-electron chi connectivity index (χ0n) is 13.8. The number of aromatic nitrogens is 2. The van der Waals surface area contributed by atoms with E-state index < -0.39 is 12.1 Å². The van der Waals surface area contributed by atoms with E-state index in [2.05, 4.69) is 5.10 Å². The quantitative estimate of drug-likeness (QED) is 0.820. The maximum absolute atomic E-state index is 11.0. The van der Waals surface area contributed by atoms with Gasteiger partial charge in [-0.05, 0) is 26.3 Å². The molecule has 6 nitrogen and oxygen atoms in total. The van der Waals surface area contributed by atoms with Gasteiger partial charge in [0.05, 0.1) is 15.7 Å². The van der Waals surface area contributed by atoms with Gasteiger partial charge in [-0.1, -0.05) is 30.1 Å². The van der Waals surface area contributed by atoms with Gasteiger partial charge in [0.1, 0.15) is 5.75 Å². The number of carboxylic acids is 1. The van der Waals surface area contributed by atoms with E-state index in [1.807, 2.05) is 13.8 Å². The highest BCUT2D eigenvalue weighted by Crippen LogP contribution is 2.39. The van der Waals surface area contributed by atoms with E-state index in [4.69, 9.17) is 37.8 Å². The van der Waals surface area contributed by atoms with E-state index in [1.54, 1.807) is 11.7 Å². The Morgan fingerprint density at radius 3 is 2.54 bits per heavy atom. The van der Waals surface area contributed by atoms with Crippen molar-refractivity contribution in [1.82, 2.24) is 9.78 Å². The maximum atomic E-state index is 11.0. The van der Waals surface area contributed by atoms with Crippen LogP contribution in [0.2, 0.25) is 10.0 Å². The lowest BCUT2D eigenvalue weighted by molar-refractivity contribution is -0.144. The Balaban J connectivity index is 2.39. The summed E-state index contributed by atoms with van der Waals surface area (Å²) in [5, 5.41) is 13.8. The van der Waals surface area contributed by atoms with Crippen molar-refractivity contribution in [2.75, 3.05) is 0 Å². The molecule has 8 heteroatoms. The number of aliphatic carboxylic acids is 1. The molecule has 0 saturated carbocycles. The van der Waals surface area contributed by atoms with Crippen molar-refractivity contribution in [1.29, 1.82) is 0 Å². The summed E-state index contributed by atoms with van der Waals surface area (Å²) >= 11 is 12.3. The van der Waals surface area contributed by atoms with Crippen LogP contribution >= 0.6 is 23.2 Å². The molecule has 1 unspecified atom stereocenters. The largest absolute Gasteiger partial charge is 0.479 e. The number of rotatable bonds is 6. The number of hydrogen-bond donors (Lipinski definition) is 1. The second-order valence-electron chi connectivity index (χ2n) is 5.26. The molecule has 0 radical (unpaired) electrons. The second-order valence-corrected chi connectivity index (χ2v) is 6.07. The van der Waals surface area contributed by atoms with Gasteiger partial charge in [-0.25, -0.2) is 9.48 Å². The number of halogens is 2. The van der Waals surface area contributed by atoms with Gasteiger partial charge in [-0.3, -0.25) is 0 Å². The number of carbonyl (C=O) groups is 1. The van der Waals surface area contributed by atoms with Crippen molar-refractivity contribution >= 4 is 29.2 Å². The zero-order valence-corrected chi connectivity index (χ0v) is 15.3. The van der Waals surface area contributed by atoms with Crippen LogP contribution in [-0.2, 0) is 18.3 Å². The number of nitrogens with zero attached hydrogens (tertiary/aromatic N) is 2. The third-order valence-electron chi connectivity index (χ3n) is 3.49. The molecule has 0 aliphatic rings. The topological polar surface area (TPSA) is 73.6 Å². The van der Waals surface area contributed by atoms with Crippen LogP contribution in [0.4, 0.5) is 0 Å². The first-order chi connectivity index (χ1) is 11.2. The third kappa shape index (κ3) is 3.76. The van der Waals surface area contributed by atoms with Crippen LogP contribution in [0.25, 0.3) is 0 Å². The number of benzene rings is 1. The average molecular weight is 373 g/mol. The minimum absolute atomic E-state index is 0.183. The second kappa shape index (κ2) is 7.32. The van der Waals surface area contributed by atoms with Crippen LogP contribution in [0, 0.1) is 6.92 Å². The lowest BCUT2D eigenvalue weighted by Gasteiger charge is -2.15. The number of aryl methyl sites for hydroxylation is 2. The fourth-order valence-corrected chi connectivity index (χ4v) is 2.71. The Kier molecular flexibility index (Phi) is 5.62. The predicted molar refractivity (Wildman–Crippen MR) is 91.6 cm³/mol. The molecule has 0 amide bonds. The Morgan fingerprint density at radius 2 is 1.96 bits per heavy atom. The standard InChI is InChI=1S/C16H18Cl2N2O4/c1-5-10-8(2)19-20(4)15(10)24-14-7-13(11(17)6-12(14)18)23-9(3)16(21)22/h6-7,9H,5H2,1-4H3,(H,21,22). The fourth-order valence-electron chi connectivity index (χ4n) is 2.24. The third-order valence-corrected chi connectivity index (χ3v) is 4.08. The van der Waals surface area contributed by atoms with Crippen molar-refractivity contribution in [3.63, 3.8) is 0 Å². The van der Waals surface area contributed by atoms with Crippen molar-refractivity contribution in [3.05, 3.63) is 33.4 Å². The van der Waals surface area contributed by atoms with Gasteiger partial charge < -0.3 is 14.6 Å². The van der Waals surface area contributed by atoms with Crippen LogP contribution in [0.1, 0.15) is 25.1 Å². The number of carboxylic acid groups (broad SMARTS) is 1. The van der Waals surface area contributed by atoms with Crippen molar-refractivity contribution in [2.24, 2.45) is 7.05 Å². The van der Waals surface area contributed by atoms with Gasteiger partial charge in [0.15, 0.2) is 11.9 Å². The van der Waals surface area contributed by atoms with Crippen LogP contribution < -0.4 is 9.47 Å². The molecule has 1 atom stereocenters. The molecule has 2 aromatic rings. The summed E-state index contributed by atoms with van der Waals surface area (Å²) in [6.07, 6.45) is -0.304. The van der Waals surface area contributed by atoms with Crippen molar-refractivity contribution in [3.8, 4) is 17.4 Å². The Bertz CT molecular complexity index is 774. The molecule has 0 spiro atoms. The lowest BCUT2D eigenvalue weighted by atomic mass is 10.2. The summed E-state index contributed by atoms with van der Waals surface area (Å²) in [5.74, 6) is -0.0373. The molecular weight excluding hydrogens is 355 g/mol. The van der Waals surface area contributed by atoms with Crippen molar-refractivity contribution in [2.45, 2.75) is 33.3 Å². The van der Waals surface area contributed by atoms with E-state index >= 15 is 0 Å². The highest BCUT2D eigenvalue weighted by atomic mass is 35.5. The first-order valence-corrected chi connectivity index (χ1v) is 8.09. The molecule has 130 valence electrons. The lowest BCUT2D eigenvalue weighted by Crippen LogP contribution is -2.23. The molecule has 1 aromatic heterocycles. The smallest absolute Gasteiger partial charge is 0.344 e. The molecule has 0 aliphatic heterocycles. The van der Waals surface area contributed by atoms with E-state index in [9.17, 15) is 4.79 Å². The number of ether oxygens (including phenoxy) is 2. The van der Waals surface area contributed by atoms with Gasteiger partial charge in [0.2, 0.25) is 5.88 Å². The molecule has 0 aliphatic carbocycles. The van der Waals surface area contributed by atoms with Gasteiger partial charge >= 0.3 is 5.97 Å². The Morgan fingerprint density at radius 1 is 1.33 bits per heavy atom. The number of hydrogen-bond acceptors (Lipinski definition) is 4. The van der Waals surface area contributed by atoms with E-state index in [1.165, 1.54) is 19.1 Å². The van der Waals surface area contributed by atoms with Gasteiger partial charge in [0, 0.05) is 18.7 Å². The SMILES string of the molecule is CCc1c(C)nn(C)c1Oc1cc(OC(C)C(=O)O)c(Cl)cc1Cl. The summed E-state index contributed by atoms with van der Waals surface area (Å²) in [4.78, 5) is 11.0. The first-order valence-electron chi connectivity index (χ1n) is 7.33. The summed E-state index contributed by atoms with van der Waals surface area (Å²) in [7, 11) is 1.77. The molecule has 0 saturated heterocycles. The van der Waals surface area contributed by atoms with Crippen LogP contribution in [0.3, 0.4) is 0 Å². The Labute approximate surface area is 149 Å². The van der Waals surface area contributed by atoms with Crippen molar-refractivity contribution < 1.29 is 19.4 Å². The summed E-state index contributed by atoms with van der Waals surface area (Å²) in [5.41, 5.74) is 1.83. The maximum Gasteiger partial charge on any atom is 0.344 e. The van der Waals surface area contributed by atoms with Crippen LogP contribution in [-0.4, -0.2) is 27.0 Å². The van der Waals surface area contributed by atoms with E-state index in [0.29, 0.717) is 11.6 Å². The highest BCUT2D eigenvalue weighted by Gasteiger charge is 2.19. The average Bonchev–Trinajstić information content (AvgIpc) is 2.77. The summed E-state index contributed by atoms with van der Waals surface area (Å²) < 4.78 is 12.9. The molecule has 24 heavy (non-hydrogen) atoms. The molecule has 1 N–H and O–H groups in total. The van der Waals surface area contributed by atoms with Gasteiger partial charge in [0.25, 0.3) is 0 Å². The fraction of sp³-hybridized carbons (Fsp3) is 0.375. The molecule has 0 fully saturated rings. The summed E-state index contributed by atoms with van der Waals surface area (Å²) in [6, 6.07) is 2.93. The molecule has 2 rings (SSSR count). The molecule has 1 aromatic carbocycles. The minimum Gasteiger partial charge on any atom is -0.479 e. The van der Waals surface area contributed by atoms with Gasteiger partial charge in [-0.2, -0.15) is 5.10 Å². The molecule has 1 heterocycles. The van der Waals surface area contributed by atoms with E-state index in [0.717, 1.165) is 17.7 Å². The van der Waals surface area contributed by atoms with Gasteiger partial charge in [-0.15, -0.1) is 0 Å². The molecular formula is C16H18Cl2N2O4. The van der Waals surface area contributed by atoms with Crippen LogP contribution in [0.5, 0.6) is 17.4 Å². The zero-order chi connectivity index (χ0) is 18.0.